The van der Waals surface area contributed by atoms with E-state index in [2.05, 4.69) is 35.4 Å². The first-order chi connectivity index (χ1) is 5.33. The number of nitrogens with one attached hydrogen (secondary N) is 1. The van der Waals surface area contributed by atoms with Crippen molar-refractivity contribution in [3.05, 3.63) is 24.0 Å². The van der Waals surface area contributed by atoms with Crippen molar-refractivity contribution in [2.45, 2.75) is 12.8 Å². The van der Waals surface area contributed by atoms with E-state index >= 15 is 0 Å². The summed E-state index contributed by atoms with van der Waals surface area (Å²) in [6.45, 7) is 1.11. The first kappa shape index (κ1) is 8.34. The fraction of sp³-hybridized carbons (Fsp3) is 0.556. The van der Waals surface area contributed by atoms with Crippen LogP contribution in [0, 0.1) is 0 Å². The Morgan fingerprint density at radius 3 is 2.91 bits per heavy atom. The molecule has 0 radical (unpaired) electrons. The molecule has 11 heavy (non-hydrogen) atoms. The molecule has 0 saturated carbocycles. The van der Waals surface area contributed by atoms with E-state index in [1.165, 1.54) is 18.4 Å². The van der Waals surface area contributed by atoms with Crippen LogP contribution in [-0.2, 0) is 13.5 Å². The molecule has 0 aliphatic rings. The van der Waals surface area contributed by atoms with E-state index in [-0.39, 0.29) is 0 Å². The Morgan fingerprint density at radius 1 is 1.55 bits per heavy atom. The summed E-state index contributed by atoms with van der Waals surface area (Å²) in [5.74, 6) is 0. The van der Waals surface area contributed by atoms with Crippen molar-refractivity contribution in [3.8, 4) is 0 Å². The predicted molar refractivity (Wildman–Crippen MR) is 47.7 cm³/mol. The lowest BCUT2D eigenvalue weighted by molar-refractivity contribution is 0.724. The third-order valence-electron chi connectivity index (χ3n) is 1.79. The lowest BCUT2D eigenvalue weighted by Crippen LogP contribution is -2.08. The first-order valence-corrected chi connectivity index (χ1v) is 4.08. The molecule has 0 aromatic carbocycles. The van der Waals surface area contributed by atoms with Crippen LogP contribution < -0.4 is 5.32 Å². The SMILES string of the molecule is CNCCCc1ccn(C)c1. The van der Waals surface area contributed by atoms with Gasteiger partial charge in [0.25, 0.3) is 0 Å². The Balaban J connectivity index is 2.27. The summed E-state index contributed by atoms with van der Waals surface area (Å²) in [6, 6.07) is 2.18. The second kappa shape index (κ2) is 4.19. The van der Waals surface area contributed by atoms with Gasteiger partial charge < -0.3 is 9.88 Å². The van der Waals surface area contributed by atoms with Crippen molar-refractivity contribution in [2.75, 3.05) is 13.6 Å². The maximum atomic E-state index is 3.14. The molecule has 1 aromatic rings. The predicted octanol–water partition coefficient (Wildman–Crippen LogP) is 1.18. The molecule has 0 spiro atoms. The van der Waals surface area contributed by atoms with Gasteiger partial charge in [0.15, 0.2) is 0 Å². The molecule has 2 nitrogen and oxygen atoms in total. The van der Waals surface area contributed by atoms with Crippen LogP contribution in [0.2, 0.25) is 0 Å². The Kier molecular flexibility index (Phi) is 3.17. The van der Waals surface area contributed by atoms with E-state index in [1.54, 1.807) is 0 Å². The van der Waals surface area contributed by atoms with Crippen LogP contribution in [0.3, 0.4) is 0 Å². The van der Waals surface area contributed by atoms with Crippen molar-refractivity contribution < 1.29 is 0 Å². The van der Waals surface area contributed by atoms with Crippen LogP contribution in [0.15, 0.2) is 18.5 Å². The van der Waals surface area contributed by atoms with Gasteiger partial charge in [-0.25, -0.2) is 0 Å². The number of aryl methyl sites for hydroxylation is 2. The Morgan fingerprint density at radius 2 is 2.36 bits per heavy atom. The maximum Gasteiger partial charge on any atom is 0.0106 e. The largest absolute Gasteiger partial charge is 0.357 e. The molecular weight excluding hydrogens is 136 g/mol. The first-order valence-electron chi connectivity index (χ1n) is 4.08. The summed E-state index contributed by atoms with van der Waals surface area (Å²) >= 11 is 0. The Bertz CT molecular complexity index is 203. The average molecular weight is 152 g/mol. The molecule has 1 rings (SSSR count). The third kappa shape index (κ3) is 2.76. The van der Waals surface area contributed by atoms with Crippen LogP contribution in [0.1, 0.15) is 12.0 Å². The molecule has 62 valence electrons. The lowest BCUT2D eigenvalue weighted by Gasteiger charge is -1.96. The molecule has 0 aliphatic carbocycles. The van der Waals surface area contributed by atoms with Crippen molar-refractivity contribution in [3.63, 3.8) is 0 Å². The standard InChI is InChI=1S/C9H16N2/c1-10-6-3-4-9-5-7-11(2)8-9/h5,7-8,10H,3-4,6H2,1-2H3. The van der Waals surface area contributed by atoms with Crippen LogP contribution in [0.5, 0.6) is 0 Å². The van der Waals surface area contributed by atoms with Crippen LogP contribution in [0.25, 0.3) is 0 Å². The summed E-state index contributed by atoms with van der Waals surface area (Å²) in [6.07, 6.45) is 6.67. The number of rotatable bonds is 4. The molecule has 1 heterocycles. The third-order valence-corrected chi connectivity index (χ3v) is 1.79. The minimum Gasteiger partial charge on any atom is -0.357 e. The van der Waals surface area contributed by atoms with Crippen LogP contribution in [-0.4, -0.2) is 18.2 Å². The van der Waals surface area contributed by atoms with Gasteiger partial charge in [0.1, 0.15) is 0 Å². The highest BCUT2D eigenvalue weighted by Crippen LogP contribution is 2.01. The molecule has 0 unspecified atom stereocenters. The summed E-state index contributed by atoms with van der Waals surface area (Å²) in [5, 5.41) is 3.14. The van der Waals surface area contributed by atoms with E-state index < -0.39 is 0 Å². The molecule has 0 aliphatic heterocycles. The normalized spacial score (nSPS) is 10.4. The second-order valence-corrected chi connectivity index (χ2v) is 2.89. The highest BCUT2D eigenvalue weighted by molar-refractivity contribution is 5.09. The van der Waals surface area contributed by atoms with E-state index in [1.807, 2.05) is 7.05 Å². The van der Waals surface area contributed by atoms with Gasteiger partial charge >= 0.3 is 0 Å². The van der Waals surface area contributed by atoms with Gasteiger partial charge in [0.2, 0.25) is 0 Å². The molecule has 0 atom stereocenters. The Labute approximate surface area is 68.2 Å². The highest BCUT2D eigenvalue weighted by atomic mass is 14.9. The maximum absolute atomic E-state index is 3.14. The smallest absolute Gasteiger partial charge is 0.0106 e. The van der Waals surface area contributed by atoms with Crippen molar-refractivity contribution >= 4 is 0 Å². The second-order valence-electron chi connectivity index (χ2n) is 2.89. The van der Waals surface area contributed by atoms with Crippen molar-refractivity contribution in [1.29, 1.82) is 0 Å². The minimum absolute atomic E-state index is 1.11. The molecular formula is C9H16N2. The summed E-state index contributed by atoms with van der Waals surface area (Å²) < 4.78 is 2.09. The van der Waals surface area contributed by atoms with Crippen molar-refractivity contribution in [1.82, 2.24) is 9.88 Å². The topological polar surface area (TPSA) is 17.0 Å². The molecule has 0 bridgehead atoms. The van der Waals surface area contributed by atoms with Gasteiger partial charge in [-0.15, -0.1) is 0 Å². The molecule has 1 aromatic heterocycles. The zero-order valence-electron chi connectivity index (χ0n) is 7.30. The zero-order chi connectivity index (χ0) is 8.10. The van der Waals surface area contributed by atoms with E-state index in [9.17, 15) is 0 Å². The minimum atomic E-state index is 1.11. The number of nitrogens with zero attached hydrogens (tertiary/aromatic N) is 1. The molecule has 1 N–H and O–H groups in total. The lowest BCUT2D eigenvalue weighted by atomic mass is 10.2. The number of hydrogen-bond donors (Lipinski definition) is 1. The van der Waals surface area contributed by atoms with E-state index in [0.717, 1.165) is 6.54 Å². The fourth-order valence-electron chi connectivity index (χ4n) is 1.18. The molecule has 0 amide bonds. The van der Waals surface area contributed by atoms with Gasteiger partial charge in [-0.3, -0.25) is 0 Å². The van der Waals surface area contributed by atoms with E-state index in [0.29, 0.717) is 0 Å². The average Bonchev–Trinajstić information content (AvgIpc) is 2.37. The summed E-state index contributed by atoms with van der Waals surface area (Å²) in [7, 11) is 4.05. The van der Waals surface area contributed by atoms with Gasteiger partial charge in [-0.05, 0) is 38.1 Å². The fourth-order valence-corrected chi connectivity index (χ4v) is 1.18. The van der Waals surface area contributed by atoms with E-state index in [4.69, 9.17) is 0 Å². The molecule has 0 saturated heterocycles. The Hall–Kier alpha value is -0.760. The zero-order valence-corrected chi connectivity index (χ0v) is 7.30. The van der Waals surface area contributed by atoms with Gasteiger partial charge in [0, 0.05) is 19.4 Å². The summed E-state index contributed by atoms with van der Waals surface area (Å²) in [5.41, 5.74) is 1.43. The molecule has 0 fully saturated rings. The quantitative estimate of drug-likeness (QED) is 0.641. The van der Waals surface area contributed by atoms with Gasteiger partial charge in [-0.2, -0.15) is 0 Å². The monoisotopic (exact) mass is 152 g/mol. The summed E-state index contributed by atoms with van der Waals surface area (Å²) in [4.78, 5) is 0. The van der Waals surface area contributed by atoms with Crippen LogP contribution in [0.4, 0.5) is 0 Å². The highest BCUT2D eigenvalue weighted by Gasteiger charge is 1.92. The number of hydrogen-bond acceptors (Lipinski definition) is 1. The van der Waals surface area contributed by atoms with Crippen molar-refractivity contribution in [2.24, 2.45) is 7.05 Å². The van der Waals surface area contributed by atoms with Gasteiger partial charge in [0.05, 0.1) is 0 Å². The molecule has 2 heteroatoms. The van der Waals surface area contributed by atoms with Gasteiger partial charge in [-0.1, -0.05) is 0 Å². The van der Waals surface area contributed by atoms with Crippen LogP contribution >= 0.6 is 0 Å². The number of aromatic nitrogens is 1.